The molecule has 138 valence electrons. The fourth-order valence-corrected chi connectivity index (χ4v) is 2.88. The summed E-state index contributed by atoms with van der Waals surface area (Å²) in [4.78, 5) is 12.3. The summed E-state index contributed by atoms with van der Waals surface area (Å²) in [5, 5.41) is 10.8. The molecule has 27 heavy (non-hydrogen) atoms. The van der Waals surface area contributed by atoms with Crippen molar-refractivity contribution in [3.63, 3.8) is 0 Å². The van der Waals surface area contributed by atoms with E-state index in [9.17, 15) is 18.0 Å². The van der Waals surface area contributed by atoms with Crippen LogP contribution in [0.4, 0.5) is 13.2 Å². The van der Waals surface area contributed by atoms with Crippen LogP contribution in [0.2, 0.25) is 0 Å². The Morgan fingerprint density at radius 3 is 2.37 bits per heavy atom. The molecule has 2 atom stereocenters. The number of aromatic nitrogens is 4. The van der Waals surface area contributed by atoms with E-state index in [1.165, 1.54) is 23.1 Å². The van der Waals surface area contributed by atoms with E-state index in [-0.39, 0.29) is 11.8 Å². The molecule has 1 aromatic heterocycles. The summed E-state index contributed by atoms with van der Waals surface area (Å²) in [6.45, 7) is 0. The molecule has 1 aliphatic rings. The highest BCUT2D eigenvalue weighted by atomic mass is 19.4. The van der Waals surface area contributed by atoms with Gasteiger partial charge in [0.05, 0.1) is 17.2 Å². The number of ether oxygens (including phenoxy) is 1. The third-order valence-electron chi connectivity index (χ3n) is 4.43. The minimum absolute atomic E-state index is 0.111. The van der Waals surface area contributed by atoms with E-state index >= 15 is 0 Å². The Bertz CT molecular complexity index is 938. The predicted molar refractivity (Wildman–Crippen MR) is 87.1 cm³/mol. The average Bonchev–Trinajstić information content (AvgIpc) is 3.27. The summed E-state index contributed by atoms with van der Waals surface area (Å²) in [6, 6.07) is 11.6. The van der Waals surface area contributed by atoms with Gasteiger partial charge in [-0.2, -0.15) is 13.2 Å². The highest BCUT2D eigenvalue weighted by Gasteiger charge is 2.45. The molecule has 0 saturated heterocycles. The number of alkyl halides is 3. The van der Waals surface area contributed by atoms with E-state index in [2.05, 4.69) is 15.5 Å². The molecule has 0 spiro atoms. The highest BCUT2D eigenvalue weighted by Crippen LogP contribution is 2.48. The third-order valence-corrected chi connectivity index (χ3v) is 4.43. The number of carbonyl (C=O) groups excluding carboxylic acids is 1. The van der Waals surface area contributed by atoms with Crippen LogP contribution >= 0.6 is 0 Å². The Labute approximate surface area is 151 Å². The van der Waals surface area contributed by atoms with E-state index in [1.807, 2.05) is 0 Å². The largest absolute Gasteiger partial charge is 0.426 e. The van der Waals surface area contributed by atoms with Crippen LogP contribution in [0.1, 0.15) is 23.5 Å². The van der Waals surface area contributed by atoms with E-state index in [4.69, 9.17) is 4.74 Å². The first-order valence-corrected chi connectivity index (χ1v) is 8.14. The van der Waals surface area contributed by atoms with Gasteiger partial charge in [-0.05, 0) is 64.7 Å². The van der Waals surface area contributed by atoms with E-state index in [1.54, 1.807) is 24.3 Å². The Kier molecular flexibility index (Phi) is 4.14. The SMILES string of the molecule is O=C(Oc1ccc(-n2cnnn2)cc1)[C@H]1C[C@H]1c1ccc(C(F)(F)F)cc1. The summed E-state index contributed by atoms with van der Waals surface area (Å²) in [6.07, 6.45) is -2.36. The number of hydrogen-bond donors (Lipinski definition) is 0. The maximum atomic E-state index is 12.6. The smallest absolute Gasteiger partial charge is 0.416 e. The lowest BCUT2D eigenvalue weighted by Gasteiger charge is -2.08. The molecule has 1 saturated carbocycles. The van der Waals surface area contributed by atoms with Crippen molar-refractivity contribution in [1.82, 2.24) is 20.2 Å². The van der Waals surface area contributed by atoms with Crippen molar-refractivity contribution < 1.29 is 22.7 Å². The van der Waals surface area contributed by atoms with Gasteiger partial charge in [-0.3, -0.25) is 4.79 Å². The second-order valence-corrected chi connectivity index (χ2v) is 6.24. The number of benzene rings is 2. The summed E-state index contributed by atoms with van der Waals surface area (Å²) < 4.78 is 44.7. The Hall–Kier alpha value is -3.23. The summed E-state index contributed by atoms with van der Waals surface area (Å²) in [7, 11) is 0. The molecule has 0 aliphatic heterocycles. The maximum Gasteiger partial charge on any atom is 0.416 e. The fourth-order valence-electron chi connectivity index (χ4n) is 2.88. The zero-order valence-corrected chi connectivity index (χ0v) is 13.8. The van der Waals surface area contributed by atoms with E-state index < -0.39 is 17.7 Å². The van der Waals surface area contributed by atoms with Crippen molar-refractivity contribution in [2.45, 2.75) is 18.5 Å². The summed E-state index contributed by atoms with van der Waals surface area (Å²) in [5.41, 5.74) is 0.724. The molecular formula is C18H13F3N4O2. The maximum absolute atomic E-state index is 12.6. The first-order valence-electron chi connectivity index (χ1n) is 8.14. The van der Waals surface area contributed by atoms with Gasteiger partial charge in [0, 0.05) is 0 Å². The van der Waals surface area contributed by atoms with Gasteiger partial charge >= 0.3 is 12.1 Å². The van der Waals surface area contributed by atoms with Crippen LogP contribution in [0.25, 0.3) is 5.69 Å². The highest BCUT2D eigenvalue weighted by molar-refractivity contribution is 5.79. The Morgan fingerprint density at radius 1 is 1.07 bits per heavy atom. The quantitative estimate of drug-likeness (QED) is 0.517. The van der Waals surface area contributed by atoms with Crippen molar-refractivity contribution in [1.29, 1.82) is 0 Å². The zero-order chi connectivity index (χ0) is 19.0. The number of nitrogens with zero attached hydrogens (tertiary/aromatic N) is 4. The van der Waals surface area contributed by atoms with Crippen LogP contribution in [0, 0.1) is 5.92 Å². The topological polar surface area (TPSA) is 69.9 Å². The Morgan fingerprint density at radius 2 is 1.78 bits per heavy atom. The number of halogens is 3. The molecule has 9 heteroatoms. The Balaban J connectivity index is 1.37. The van der Waals surface area contributed by atoms with Gasteiger partial charge < -0.3 is 4.74 Å². The predicted octanol–water partition coefficient (Wildman–Crippen LogP) is 3.39. The van der Waals surface area contributed by atoms with Crippen molar-refractivity contribution in [2.75, 3.05) is 0 Å². The van der Waals surface area contributed by atoms with Crippen molar-refractivity contribution in [3.05, 3.63) is 66.0 Å². The van der Waals surface area contributed by atoms with Gasteiger partial charge in [-0.15, -0.1) is 5.10 Å². The second kappa shape index (κ2) is 6.49. The summed E-state index contributed by atoms with van der Waals surface area (Å²) >= 11 is 0. The van der Waals surface area contributed by atoms with Crippen molar-refractivity contribution in [2.24, 2.45) is 5.92 Å². The number of esters is 1. The molecule has 6 nitrogen and oxygen atoms in total. The normalized spacial score (nSPS) is 18.9. The van der Waals surface area contributed by atoms with Crippen LogP contribution in [-0.4, -0.2) is 26.2 Å². The number of hydrogen-bond acceptors (Lipinski definition) is 5. The van der Waals surface area contributed by atoms with Crippen LogP contribution in [-0.2, 0) is 11.0 Å². The van der Waals surface area contributed by atoms with Gasteiger partial charge in [-0.25, -0.2) is 4.68 Å². The van der Waals surface area contributed by atoms with E-state index in [0.29, 0.717) is 23.4 Å². The van der Waals surface area contributed by atoms with Gasteiger partial charge in [0.1, 0.15) is 12.1 Å². The molecule has 0 bridgehead atoms. The number of rotatable bonds is 4. The molecule has 2 aromatic carbocycles. The lowest BCUT2D eigenvalue weighted by atomic mass is 10.1. The molecule has 3 aromatic rings. The van der Waals surface area contributed by atoms with Gasteiger partial charge in [0.2, 0.25) is 0 Å². The van der Waals surface area contributed by atoms with Crippen molar-refractivity contribution >= 4 is 5.97 Å². The molecule has 0 radical (unpaired) electrons. The van der Waals surface area contributed by atoms with Crippen LogP contribution in [0.5, 0.6) is 5.75 Å². The molecule has 4 rings (SSSR count). The first-order chi connectivity index (χ1) is 12.9. The zero-order valence-electron chi connectivity index (χ0n) is 13.8. The number of carbonyl (C=O) groups is 1. The van der Waals surface area contributed by atoms with Gasteiger partial charge in [-0.1, -0.05) is 12.1 Å². The molecule has 1 aliphatic carbocycles. The molecule has 0 amide bonds. The molecule has 1 fully saturated rings. The van der Waals surface area contributed by atoms with Crippen LogP contribution in [0.15, 0.2) is 54.9 Å². The molecule has 1 heterocycles. The first kappa shape index (κ1) is 17.2. The van der Waals surface area contributed by atoms with Gasteiger partial charge in [0.25, 0.3) is 0 Å². The lowest BCUT2D eigenvalue weighted by molar-refractivity contribution is -0.138. The average molecular weight is 374 g/mol. The number of tetrazole rings is 1. The fraction of sp³-hybridized carbons (Fsp3) is 0.222. The monoisotopic (exact) mass is 374 g/mol. The van der Waals surface area contributed by atoms with Crippen LogP contribution in [0.3, 0.4) is 0 Å². The van der Waals surface area contributed by atoms with E-state index in [0.717, 1.165) is 12.1 Å². The van der Waals surface area contributed by atoms with Gasteiger partial charge in [0.15, 0.2) is 0 Å². The minimum atomic E-state index is -4.37. The third kappa shape index (κ3) is 3.67. The van der Waals surface area contributed by atoms with Crippen LogP contribution < -0.4 is 4.74 Å². The molecule has 0 N–H and O–H groups in total. The summed E-state index contributed by atoms with van der Waals surface area (Å²) in [5.74, 6) is -0.467. The molecule has 0 unspecified atom stereocenters. The second-order valence-electron chi connectivity index (χ2n) is 6.24. The van der Waals surface area contributed by atoms with Crippen molar-refractivity contribution in [3.8, 4) is 11.4 Å². The standard InChI is InChI=1S/C18H13F3N4O2/c19-18(20,21)12-3-1-11(2-4-12)15-9-16(15)17(26)27-14-7-5-13(6-8-14)25-10-22-23-24-25/h1-8,10,15-16H,9H2/t15-,16-/m0/s1. The lowest BCUT2D eigenvalue weighted by Crippen LogP contribution is -2.11. The molecular weight excluding hydrogens is 361 g/mol. The minimum Gasteiger partial charge on any atom is -0.426 e.